The van der Waals surface area contributed by atoms with E-state index in [1.807, 2.05) is 83.2 Å². The molecule has 3 heterocycles. The van der Waals surface area contributed by atoms with Crippen molar-refractivity contribution in [1.82, 2.24) is 9.78 Å². The maximum absolute atomic E-state index is 13.2. The van der Waals surface area contributed by atoms with Crippen LogP contribution in [0.4, 0.5) is 17.2 Å². The standard InChI is InChI=1S/C25H18BrN5O/c1-15-21-22(16-8-7-9-17(26)14-16)30-20-13-6-5-12-19(20)27-25(32)24(30)28-23(21)31(29-15)18-10-3-2-4-11-18/h2-14,22H,1H3,(H,27,32)/t22-/m0/s1. The van der Waals surface area contributed by atoms with Crippen LogP contribution in [-0.4, -0.2) is 21.5 Å². The smallest absolute Gasteiger partial charge is 0.291 e. The van der Waals surface area contributed by atoms with Crippen molar-refractivity contribution in [2.75, 3.05) is 10.2 Å². The van der Waals surface area contributed by atoms with Gasteiger partial charge in [0.1, 0.15) is 0 Å². The number of carbonyl (C=O) groups excluding carboxylic acids is 1. The second kappa shape index (κ2) is 7.17. The summed E-state index contributed by atoms with van der Waals surface area (Å²) < 4.78 is 2.80. The average molecular weight is 484 g/mol. The molecule has 0 saturated carbocycles. The quantitative estimate of drug-likeness (QED) is 0.407. The van der Waals surface area contributed by atoms with Crippen LogP contribution in [0.2, 0.25) is 0 Å². The number of nitrogens with one attached hydrogen (secondary N) is 1. The number of nitrogens with zero attached hydrogens (tertiary/aromatic N) is 4. The van der Waals surface area contributed by atoms with E-state index in [1.54, 1.807) is 0 Å². The molecule has 4 aromatic rings. The summed E-state index contributed by atoms with van der Waals surface area (Å²) in [6, 6.07) is 25.6. The number of amides is 1. The Kier molecular flexibility index (Phi) is 4.26. The van der Waals surface area contributed by atoms with Crippen molar-refractivity contribution < 1.29 is 4.79 Å². The Bertz CT molecular complexity index is 1410. The van der Waals surface area contributed by atoms with E-state index in [0.717, 1.165) is 38.4 Å². The minimum absolute atomic E-state index is 0.229. The van der Waals surface area contributed by atoms with E-state index in [9.17, 15) is 4.79 Å². The molecular formula is C25H18BrN5O. The van der Waals surface area contributed by atoms with Gasteiger partial charge in [0.15, 0.2) is 5.82 Å². The van der Waals surface area contributed by atoms with Crippen molar-refractivity contribution in [3.05, 3.63) is 100 Å². The fraction of sp³-hybridized carbons (Fsp3) is 0.0800. The lowest BCUT2D eigenvalue weighted by Crippen LogP contribution is -2.48. The number of amidine groups is 1. The summed E-state index contributed by atoms with van der Waals surface area (Å²) in [5.74, 6) is 0.811. The monoisotopic (exact) mass is 483 g/mol. The molecule has 1 aromatic heterocycles. The molecule has 6 rings (SSSR count). The summed E-state index contributed by atoms with van der Waals surface area (Å²) >= 11 is 3.61. The third-order valence-electron chi connectivity index (χ3n) is 5.83. The molecule has 1 atom stereocenters. The lowest BCUT2D eigenvalue weighted by Gasteiger charge is -2.40. The molecule has 0 unspecified atom stereocenters. The van der Waals surface area contributed by atoms with Gasteiger partial charge >= 0.3 is 0 Å². The molecule has 0 aliphatic carbocycles. The number of aliphatic imine (C=N–C) groups is 1. The number of carbonyl (C=O) groups is 1. The van der Waals surface area contributed by atoms with Crippen LogP contribution in [0.5, 0.6) is 0 Å². The largest absolute Gasteiger partial charge is 0.317 e. The van der Waals surface area contributed by atoms with Gasteiger partial charge in [-0.3, -0.25) is 4.79 Å². The molecule has 2 aliphatic heterocycles. The Balaban J connectivity index is 1.67. The van der Waals surface area contributed by atoms with Gasteiger partial charge in [-0.1, -0.05) is 58.4 Å². The Morgan fingerprint density at radius 2 is 1.75 bits per heavy atom. The highest BCUT2D eigenvalue weighted by Crippen LogP contribution is 2.47. The van der Waals surface area contributed by atoms with Gasteiger partial charge in [0.2, 0.25) is 5.84 Å². The van der Waals surface area contributed by atoms with Crippen LogP contribution in [0.25, 0.3) is 5.69 Å². The first-order valence-electron chi connectivity index (χ1n) is 10.3. The summed E-state index contributed by atoms with van der Waals surface area (Å²) in [7, 11) is 0. The van der Waals surface area contributed by atoms with Crippen LogP contribution in [0.1, 0.15) is 22.9 Å². The van der Waals surface area contributed by atoms with Gasteiger partial charge in [0, 0.05) is 10.0 Å². The van der Waals surface area contributed by atoms with Gasteiger partial charge in [0.05, 0.1) is 28.8 Å². The highest BCUT2D eigenvalue weighted by molar-refractivity contribution is 9.10. The number of anilines is 2. The zero-order valence-corrected chi connectivity index (χ0v) is 18.7. The van der Waals surface area contributed by atoms with Crippen molar-refractivity contribution in [3.63, 3.8) is 0 Å². The van der Waals surface area contributed by atoms with E-state index in [0.29, 0.717) is 11.7 Å². The summed E-state index contributed by atoms with van der Waals surface area (Å²) in [6.45, 7) is 2.00. The number of hydrogen-bond donors (Lipinski definition) is 1. The van der Waals surface area contributed by atoms with E-state index in [-0.39, 0.29) is 11.9 Å². The molecule has 3 aromatic carbocycles. The molecule has 0 spiro atoms. The predicted molar refractivity (Wildman–Crippen MR) is 129 cm³/mol. The Hall–Kier alpha value is -3.71. The van der Waals surface area contributed by atoms with Gasteiger partial charge in [-0.15, -0.1) is 0 Å². The fourth-order valence-corrected chi connectivity index (χ4v) is 4.90. The number of fused-ring (bicyclic) bond motifs is 4. The number of aromatic nitrogens is 2. The number of aryl methyl sites for hydroxylation is 1. The third-order valence-corrected chi connectivity index (χ3v) is 6.33. The van der Waals surface area contributed by atoms with Gasteiger partial charge in [0.25, 0.3) is 5.91 Å². The van der Waals surface area contributed by atoms with Crippen LogP contribution >= 0.6 is 15.9 Å². The van der Waals surface area contributed by atoms with Crippen LogP contribution in [0.15, 0.2) is 88.3 Å². The lowest BCUT2D eigenvalue weighted by atomic mass is 9.93. The molecule has 7 heteroatoms. The van der Waals surface area contributed by atoms with Crippen molar-refractivity contribution in [2.24, 2.45) is 4.99 Å². The van der Waals surface area contributed by atoms with Crippen molar-refractivity contribution in [1.29, 1.82) is 0 Å². The second-order valence-corrected chi connectivity index (χ2v) is 8.72. The van der Waals surface area contributed by atoms with Gasteiger partial charge < -0.3 is 10.2 Å². The van der Waals surface area contributed by atoms with E-state index in [2.05, 4.69) is 33.4 Å². The third kappa shape index (κ3) is 2.81. The van der Waals surface area contributed by atoms with Crippen molar-refractivity contribution in [3.8, 4) is 5.69 Å². The van der Waals surface area contributed by atoms with E-state index < -0.39 is 0 Å². The molecule has 0 saturated heterocycles. The predicted octanol–water partition coefficient (Wildman–Crippen LogP) is 5.53. The first-order valence-corrected chi connectivity index (χ1v) is 11.1. The Labute approximate surface area is 193 Å². The SMILES string of the molecule is Cc1nn(-c2ccccc2)c2c1[C@H](c1cccc(Br)c1)N1C(=N2)C(=O)Nc2ccccc21. The molecule has 0 bridgehead atoms. The normalized spacial score (nSPS) is 16.6. The zero-order valence-electron chi connectivity index (χ0n) is 17.2. The minimum atomic E-state index is -0.250. The average Bonchev–Trinajstić information content (AvgIpc) is 3.15. The Morgan fingerprint density at radius 3 is 2.56 bits per heavy atom. The molecule has 1 N–H and O–H groups in total. The van der Waals surface area contributed by atoms with Crippen LogP contribution in [-0.2, 0) is 4.79 Å². The molecule has 1 amide bonds. The second-order valence-electron chi connectivity index (χ2n) is 7.80. The van der Waals surface area contributed by atoms with Gasteiger partial charge in [-0.25, -0.2) is 9.67 Å². The minimum Gasteiger partial charge on any atom is -0.317 e. The highest BCUT2D eigenvalue weighted by Gasteiger charge is 2.42. The molecule has 0 fully saturated rings. The highest BCUT2D eigenvalue weighted by atomic mass is 79.9. The first kappa shape index (κ1) is 19.0. The van der Waals surface area contributed by atoms with Crippen molar-refractivity contribution in [2.45, 2.75) is 13.0 Å². The molecule has 0 radical (unpaired) electrons. The number of halogens is 1. The number of rotatable bonds is 2. The molecule has 32 heavy (non-hydrogen) atoms. The molecule has 6 nitrogen and oxygen atoms in total. The zero-order chi connectivity index (χ0) is 21.8. The number of benzene rings is 3. The van der Waals surface area contributed by atoms with E-state index in [1.165, 1.54) is 0 Å². The van der Waals surface area contributed by atoms with Crippen LogP contribution in [0.3, 0.4) is 0 Å². The van der Waals surface area contributed by atoms with Crippen LogP contribution in [0, 0.1) is 6.92 Å². The maximum Gasteiger partial charge on any atom is 0.291 e. The van der Waals surface area contributed by atoms with Gasteiger partial charge in [-0.05, 0) is 48.9 Å². The molecule has 156 valence electrons. The van der Waals surface area contributed by atoms with Gasteiger partial charge in [-0.2, -0.15) is 5.10 Å². The van der Waals surface area contributed by atoms with Crippen molar-refractivity contribution >= 4 is 44.9 Å². The maximum atomic E-state index is 13.2. The lowest BCUT2D eigenvalue weighted by molar-refractivity contribution is -0.110. The number of para-hydroxylation sites is 3. The summed E-state index contributed by atoms with van der Waals surface area (Å²) in [6.07, 6.45) is 0. The van der Waals surface area contributed by atoms with E-state index >= 15 is 0 Å². The summed E-state index contributed by atoms with van der Waals surface area (Å²) in [5.41, 5.74) is 5.49. The topological polar surface area (TPSA) is 62.5 Å². The van der Waals surface area contributed by atoms with Crippen LogP contribution < -0.4 is 10.2 Å². The molecule has 2 aliphatic rings. The summed E-state index contributed by atoms with van der Waals surface area (Å²) in [4.78, 5) is 20.1. The first-order chi connectivity index (χ1) is 15.6. The Morgan fingerprint density at radius 1 is 0.969 bits per heavy atom. The van der Waals surface area contributed by atoms with E-state index in [4.69, 9.17) is 10.1 Å². The summed E-state index contributed by atoms with van der Waals surface area (Å²) in [5, 5.41) is 7.83. The molecular weight excluding hydrogens is 466 g/mol. The number of hydrogen-bond acceptors (Lipinski definition) is 4. The fourth-order valence-electron chi connectivity index (χ4n) is 4.48.